The van der Waals surface area contributed by atoms with Crippen LogP contribution in [0.15, 0.2) is 0 Å². The van der Waals surface area contributed by atoms with Gasteiger partial charge in [-0.15, -0.1) is 0 Å². The first-order valence-electron chi connectivity index (χ1n) is 6.36. The Morgan fingerprint density at radius 3 is 2.31 bits per heavy atom. The molecule has 0 bridgehead atoms. The van der Waals surface area contributed by atoms with E-state index in [1.807, 2.05) is 0 Å². The minimum atomic E-state index is -0.642. The maximum absolute atomic E-state index is 11.6. The Kier molecular flexibility index (Phi) is 3.24. The van der Waals surface area contributed by atoms with Crippen molar-refractivity contribution in [3.8, 4) is 0 Å². The molecule has 3 heteroatoms. The van der Waals surface area contributed by atoms with E-state index in [0.29, 0.717) is 37.4 Å². The quantitative estimate of drug-likeness (QED) is 0.787. The maximum Gasteiger partial charge on any atom is 0.312 e. The number of aliphatic carboxylic acids is 1. The highest BCUT2D eigenvalue weighted by Crippen LogP contribution is 2.47. The zero-order valence-electron chi connectivity index (χ0n) is 10.2. The molecule has 16 heavy (non-hydrogen) atoms. The van der Waals surface area contributed by atoms with Crippen molar-refractivity contribution in [1.82, 2.24) is 0 Å². The van der Waals surface area contributed by atoms with Gasteiger partial charge in [0.2, 0.25) is 0 Å². The van der Waals surface area contributed by atoms with Crippen molar-refractivity contribution in [1.29, 1.82) is 0 Å². The lowest BCUT2D eigenvalue weighted by molar-refractivity contribution is -0.154. The van der Waals surface area contributed by atoms with Gasteiger partial charge >= 0.3 is 5.97 Å². The van der Waals surface area contributed by atoms with Crippen LogP contribution in [0.1, 0.15) is 39.5 Å². The van der Waals surface area contributed by atoms with Crippen LogP contribution in [0.25, 0.3) is 0 Å². The van der Waals surface area contributed by atoms with Crippen LogP contribution in [0, 0.1) is 23.2 Å². The fourth-order valence-electron chi connectivity index (χ4n) is 3.64. The van der Waals surface area contributed by atoms with Gasteiger partial charge < -0.3 is 9.84 Å². The smallest absolute Gasteiger partial charge is 0.312 e. The van der Waals surface area contributed by atoms with Gasteiger partial charge in [-0.05, 0) is 43.4 Å². The van der Waals surface area contributed by atoms with E-state index < -0.39 is 11.4 Å². The largest absolute Gasteiger partial charge is 0.481 e. The van der Waals surface area contributed by atoms with Crippen LogP contribution in [-0.2, 0) is 9.53 Å². The highest BCUT2D eigenvalue weighted by molar-refractivity contribution is 5.75. The van der Waals surface area contributed by atoms with Crippen molar-refractivity contribution in [2.45, 2.75) is 39.5 Å². The average molecular weight is 226 g/mol. The fourth-order valence-corrected chi connectivity index (χ4v) is 3.64. The Balaban J connectivity index is 2.17. The Labute approximate surface area is 97.2 Å². The normalized spacial score (nSPS) is 44.5. The van der Waals surface area contributed by atoms with Crippen molar-refractivity contribution >= 4 is 5.97 Å². The first kappa shape index (κ1) is 11.9. The van der Waals surface area contributed by atoms with Crippen molar-refractivity contribution < 1.29 is 14.6 Å². The first-order chi connectivity index (χ1) is 7.54. The van der Waals surface area contributed by atoms with Gasteiger partial charge in [-0.3, -0.25) is 4.79 Å². The van der Waals surface area contributed by atoms with Crippen LogP contribution in [-0.4, -0.2) is 24.3 Å². The fraction of sp³-hybridized carbons (Fsp3) is 0.923. The molecule has 1 saturated carbocycles. The van der Waals surface area contributed by atoms with Crippen LogP contribution >= 0.6 is 0 Å². The summed E-state index contributed by atoms with van der Waals surface area (Å²) < 4.78 is 5.36. The van der Waals surface area contributed by atoms with Crippen molar-refractivity contribution in [2.75, 3.05) is 13.2 Å². The molecule has 1 saturated heterocycles. The highest BCUT2D eigenvalue weighted by atomic mass is 16.5. The van der Waals surface area contributed by atoms with Crippen molar-refractivity contribution in [2.24, 2.45) is 23.2 Å². The second-order valence-electron chi connectivity index (χ2n) is 5.88. The zero-order valence-corrected chi connectivity index (χ0v) is 10.2. The lowest BCUT2D eigenvalue weighted by Gasteiger charge is -2.40. The van der Waals surface area contributed by atoms with Gasteiger partial charge in [-0.25, -0.2) is 0 Å². The first-order valence-corrected chi connectivity index (χ1v) is 6.36. The molecule has 0 aromatic heterocycles. The molecule has 3 nitrogen and oxygen atoms in total. The van der Waals surface area contributed by atoms with E-state index in [1.54, 1.807) is 0 Å². The molecule has 1 heterocycles. The van der Waals surface area contributed by atoms with Gasteiger partial charge in [0.1, 0.15) is 0 Å². The molecular weight excluding hydrogens is 204 g/mol. The Morgan fingerprint density at radius 1 is 1.25 bits per heavy atom. The second-order valence-corrected chi connectivity index (χ2v) is 5.88. The van der Waals surface area contributed by atoms with E-state index in [-0.39, 0.29) is 0 Å². The van der Waals surface area contributed by atoms with E-state index in [0.717, 1.165) is 12.8 Å². The predicted molar refractivity (Wildman–Crippen MR) is 61.2 cm³/mol. The summed E-state index contributed by atoms with van der Waals surface area (Å²) in [5, 5.41) is 9.51. The molecule has 0 spiro atoms. The third kappa shape index (κ3) is 1.97. The SMILES string of the molecule is CC1CC(C)CC(C2(C(=O)O)CCOC2)C1. The molecule has 0 amide bonds. The maximum atomic E-state index is 11.6. The Morgan fingerprint density at radius 2 is 1.88 bits per heavy atom. The van der Waals surface area contributed by atoms with Gasteiger partial charge in [0.25, 0.3) is 0 Å². The van der Waals surface area contributed by atoms with E-state index in [9.17, 15) is 9.90 Å². The van der Waals surface area contributed by atoms with Gasteiger partial charge in [-0.2, -0.15) is 0 Å². The summed E-state index contributed by atoms with van der Waals surface area (Å²) in [6.07, 6.45) is 4.06. The van der Waals surface area contributed by atoms with Gasteiger partial charge in [0, 0.05) is 6.61 Å². The summed E-state index contributed by atoms with van der Waals surface area (Å²) in [7, 11) is 0. The van der Waals surface area contributed by atoms with Crippen molar-refractivity contribution in [3.63, 3.8) is 0 Å². The van der Waals surface area contributed by atoms with Gasteiger partial charge in [0.05, 0.1) is 12.0 Å². The highest BCUT2D eigenvalue weighted by Gasteiger charge is 2.50. The molecule has 1 N–H and O–H groups in total. The van der Waals surface area contributed by atoms with E-state index in [4.69, 9.17) is 4.74 Å². The Hall–Kier alpha value is -0.570. The molecule has 1 aliphatic carbocycles. The summed E-state index contributed by atoms with van der Waals surface area (Å²) >= 11 is 0. The number of rotatable bonds is 2. The number of hydrogen-bond donors (Lipinski definition) is 1. The van der Waals surface area contributed by atoms with Crippen LogP contribution in [0.4, 0.5) is 0 Å². The summed E-state index contributed by atoms with van der Waals surface area (Å²) in [5.74, 6) is 0.985. The third-order valence-corrected chi connectivity index (χ3v) is 4.44. The standard InChI is InChI=1S/C13H22O3/c1-9-5-10(2)7-11(6-9)13(12(14)15)3-4-16-8-13/h9-11H,3-8H2,1-2H3,(H,14,15). The number of hydrogen-bond acceptors (Lipinski definition) is 2. The topological polar surface area (TPSA) is 46.5 Å². The van der Waals surface area contributed by atoms with Crippen LogP contribution < -0.4 is 0 Å². The van der Waals surface area contributed by atoms with Gasteiger partial charge in [-0.1, -0.05) is 13.8 Å². The molecule has 0 aromatic rings. The molecule has 2 fully saturated rings. The van der Waals surface area contributed by atoms with E-state index >= 15 is 0 Å². The minimum Gasteiger partial charge on any atom is -0.481 e. The molecular formula is C13H22O3. The summed E-state index contributed by atoms with van der Waals surface area (Å²) in [6.45, 7) is 5.53. The molecule has 0 radical (unpaired) electrons. The van der Waals surface area contributed by atoms with Crippen LogP contribution in [0.3, 0.4) is 0 Å². The average Bonchev–Trinajstić information content (AvgIpc) is 2.65. The summed E-state index contributed by atoms with van der Waals surface area (Å²) in [4.78, 5) is 11.6. The third-order valence-electron chi connectivity index (χ3n) is 4.44. The zero-order chi connectivity index (χ0) is 11.8. The Bertz CT molecular complexity index is 258. The lowest BCUT2D eigenvalue weighted by atomic mass is 9.63. The van der Waals surface area contributed by atoms with E-state index in [1.165, 1.54) is 6.42 Å². The summed E-state index contributed by atoms with van der Waals surface area (Å²) in [6, 6.07) is 0. The van der Waals surface area contributed by atoms with E-state index in [2.05, 4.69) is 13.8 Å². The minimum absolute atomic E-state index is 0.311. The van der Waals surface area contributed by atoms with Crippen molar-refractivity contribution in [3.05, 3.63) is 0 Å². The monoisotopic (exact) mass is 226 g/mol. The lowest BCUT2D eigenvalue weighted by Crippen LogP contribution is -2.42. The summed E-state index contributed by atoms with van der Waals surface area (Å²) in [5.41, 5.74) is -0.580. The molecule has 2 rings (SSSR count). The number of carboxylic acid groups (broad SMARTS) is 1. The molecule has 0 aromatic carbocycles. The van der Waals surface area contributed by atoms with Crippen LogP contribution in [0.5, 0.6) is 0 Å². The molecule has 92 valence electrons. The number of carbonyl (C=O) groups is 1. The molecule has 1 aliphatic heterocycles. The molecule has 2 aliphatic rings. The van der Waals surface area contributed by atoms with Gasteiger partial charge in [0.15, 0.2) is 0 Å². The number of carboxylic acids is 1. The second kappa shape index (κ2) is 4.36. The number of ether oxygens (including phenoxy) is 1. The molecule has 3 atom stereocenters. The molecule has 3 unspecified atom stereocenters. The predicted octanol–water partition coefficient (Wildman–Crippen LogP) is 2.55. The van der Waals surface area contributed by atoms with Crippen LogP contribution in [0.2, 0.25) is 0 Å².